The van der Waals surface area contributed by atoms with Gasteiger partial charge < -0.3 is 10.1 Å². The summed E-state index contributed by atoms with van der Waals surface area (Å²) in [7, 11) is 0. The van der Waals surface area contributed by atoms with Gasteiger partial charge in [-0.15, -0.1) is 11.3 Å². The van der Waals surface area contributed by atoms with E-state index in [-0.39, 0.29) is 6.10 Å². The van der Waals surface area contributed by atoms with Crippen LogP contribution < -0.4 is 5.32 Å². The number of morpholine rings is 1. The van der Waals surface area contributed by atoms with Crippen LogP contribution >= 0.6 is 11.3 Å². The normalized spacial score (nSPS) is 21.1. The lowest BCUT2D eigenvalue weighted by Gasteiger charge is -2.37. The zero-order valence-electron chi connectivity index (χ0n) is 12.1. The first-order valence-electron chi connectivity index (χ1n) is 7.23. The van der Waals surface area contributed by atoms with Crippen molar-refractivity contribution in [1.82, 2.24) is 14.9 Å². The molecule has 0 spiro atoms. The minimum atomic E-state index is 0.286. The highest BCUT2D eigenvalue weighted by molar-refractivity contribution is 7.10. The third-order valence-electron chi connectivity index (χ3n) is 3.60. The summed E-state index contributed by atoms with van der Waals surface area (Å²) in [4.78, 5) is 12.3. The van der Waals surface area contributed by atoms with Gasteiger partial charge in [-0.2, -0.15) is 0 Å². The maximum Gasteiger partial charge on any atom is 0.222 e. The zero-order chi connectivity index (χ0) is 14.5. The second-order valence-electron chi connectivity index (χ2n) is 5.16. The van der Waals surface area contributed by atoms with Gasteiger partial charge in [0.2, 0.25) is 5.95 Å². The summed E-state index contributed by atoms with van der Waals surface area (Å²) < 4.78 is 5.65. The predicted molar refractivity (Wildman–Crippen MR) is 84.6 cm³/mol. The van der Waals surface area contributed by atoms with Crippen LogP contribution in [0.2, 0.25) is 0 Å². The van der Waals surface area contributed by atoms with Gasteiger partial charge in [-0.25, -0.2) is 9.97 Å². The van der Waals surface area contributed by atoms with Crippen LogP contribution in [0.5, 0.6) is 0 Å². The number of thiophene rings is 1. The molecule has 2 aromatic rings. The fourth-order valence-electron chi connectivity index (χ4n) is 2.60. The van der Waals surface area contributed by atoms with Crippen LogP contribution in [0.3, 0.4) is 0 Å². The van der Waals surface area contributed by atoms with Gasteiger partial charge >= 0.3 is 0 Å². The summed E-state index contributed by atoms with van der Waals surface area (Å²) in [6.45, 7) is 5.65. The van der Waals surface area contributed by atoms with Gasteiger partial charge in [0.25, 0.3) is 0 Å². The van der Waals surface area contributed by atoms with Crippen molar-refractivity contribution < 1.29 is 4.74 Å². The van der Waals surface area contributed by atoms with Gasteiger partial charge in [0.1, 0.15) is 0 Å². The molecule has 1 aliphatic rings. The van der Waals surface area contributed by atoms with Gasteiger partial charge in [-0.05, 0) is 24.4 Å². The molecule has 2 atom stereocenters. The summed E-state index contributed by atoms with van der Waals surface area (Å²) in [5.74, 6) is 0.681. The van der Waals surface area contributed by atoms with Crippen LogP contribution in [0.1, 0.15) is 17.8 Å². The van der Waals surface area contributed by atoms with Gasteiger partial charge in [0.05, 0.1) is 18.8 Å². The van der Waals surface area contributed by atoms with Crippen LogP contribution in [0.25, 0.3) is 0 Å². The van der Waals surface area contributed by atoms with Gasteiger partial charge in [-0.3, -0.25) is 4.90 Å². The van der Waals surface area contributed by atoms with Crippen LogP contribution in [0, 0.1) is 0 Å². The highest BCUT2D eigenvalue weighted by Crippen LogP contribution is 2.27. The molecule has 1 N–H and O–H groups in total. The van der Waals surface area contributed by atoms with E-state index in [9.17, 15) is 0 Å². The first-order valence-corrected chi connectivity index (χ1v) is 8.11. The minimum absolute atomic E-state index is 0.286. The van der Waals surface area contributed by atoms with Crippen molar-refractivity contribution in [2.45, 2.75) is 19.1 Å². The van der Waals surface area contributed by atoms with E-state index in [0.29, 0.717) is 12.0 Å². The summed E-state index contributed by atoms with van der Waals surface area (Å²) in [5.41, 5.74) is 0. The summed E-state index contributed by atoms with van der Waals surface area (Å²) >= 11 is 1.80. The maximum absolute atomic E-state index is 5.65. The van der Waals surface area contributed by atoms with E-state index in [1.165, 1.54) is 4.88 Å². The number of nitrogens with one attached hydrogen (secondary N) is 1. The van der Waals surface area contributed by atoms with Crippen molar-refractivity contribution in [3.8, 4) is 0 Å². The minimum Gasteiger partial charge on any atom is -0.376 e. The molecule has 112 valence electrons. The first-order chi connectivity index (χ1) is 10.3. The second kappa shape index (κ2) is 6.98. The summed E-state index contributed by atoms with van der Waals surface area (Å²) in [6.07, 6.45) is 3.80. The van der Waals surface area contributed by atoms with E-state index in [0.717, 1.165) is 26.2 Å². The number of anilines is 1. The van der Waals surface area contributed by atoms with Gasteiger partial charge in [-0.1, -0.05) is 6.07 Å². The monoisotopic (exact) mass is 304 g/mol. The Balaban J connectivity index is 1.70. The van der Waals surface area contributed by atoms with E-state index in [1.807, 2.05) is 6.07 Å². The van der Waals surface area contributed by atoms with Crippen molar-refractivity contribution in [3.05, 3.63) is 40.8 Å². The molecule has 0 amide bonds. The molecule has 0 aromatic carbocycles. The van der Waals surface area contributed by atoms with Crippen LogP contribution in [-0.4, -0.2) is 47.2 Å². The summed E-state index contributed by atoms with van der Waals surface area (Å²) in [5, 5.41) is 5.48. The summed E-state index contributed by atoms with van der Waals surface area (Å²) in [6, 6.07) is 6.46. The average Bonchev–Trinajstić information content (AvgIpc) is 3.03. The van der Waals surface area contributed by atoms with Crippen LogP contribution in [-0.2, 0) is 4.74 Å². The molecule has 0 unspecified atom stereocenters. The lowest BCUT2D eigenvalue weighted by Crippen LogP contribution is -2.44. The Morgan fingerprint density at radius 2 is 2.29 bits per heavy atom. The molecule has 21 heavy (non-hydrogen) atoms. The predicted octanol–water partition coefficient (Wildman–Crippen LogP) is 2.41. The van der Waals surface area contributed by atoms with Gasteiger partial charge in [0, 0.05) is 36.9 Å². The van der Waals surface area contributed by atoms with Crippen molar-refractivity contribution in [2.75, 3.05) is 31.6 Å². The number of hydrogen-bond donors (Lipinski definition) is 1. The lowest BCUT2D eigenvalue weighted by molar-refractivity contribution is -0.0322. The largest absolute Gasteiger partial charge is 0.376 e. The number of nitrogens with zero attached hydrogens (tertiary/aromatic N) is 3. The molecule has 6 heteroatoms. The Morgan fingerprint density at radius 3 is 3.00 bits per heavy atom. The highest BCUT2D eigenvalue weighted by Gasteiger charge is 2.26. The zero-order valence-corrected chi connectivity index (χ0v) is 12.9. The fourth-order valence-corrected chi connectivity index (χ4v) is 3.46. The Labute approximate surface area is 129 Å². The molecule has 2 aromatic heterocycles. The first kappa shape index (κ1) is 14.4. The average molecular weight is 304 g/mol. The van der Waals surface area contributed by atoms with Crippen molar-refractivity contribution in [2.24, 2.45) is 0 Å². The molecule has 3 rings (SSSR count). The Hall–Kier alpha value is -1.50. The molecule has 0 saturated carbocycles. The second-order valence-corrected chi connectivity index (χ2v) is 6.14. The molecule has 1 saturated heterocycles. The molecule has 1 fully saturated rings. The molecular formula is C15H20N4OS. The van der Waals surface area contributed by atoms with Crippen molar-refractivity contribution in [3.63, 3.8) is 0 Å². The quantitative estimate of drug-likeness (QED) is 0.919. The topological polar surface area (TPSA) is 50.3 Å². The number of ether oxygens (including phenoxy) is 1. The molecule has 0 radical (unpaired) electrons. The van der Waals surface area contributed by atoms with E-state index in [1.54, 1.807) is 23.7 Å². The molecule has 5 nitrogen and oxygen atoms in total. The number of aromatic nitrogens is 2. The fraction of sp³-hybridized carbons (Fsp3) is 0.467. The van der Waals surface area contributed by atoms with E-state index in [2.05, 4.69) is 44.6 Å². The van der Waals surface area contributed by atoms with Crippen molar-refractivity contribution >= 4 is 17.3 Å². The van der Waals surface area contributed by atoms with Crippen molar-refractivity contribution in [1.29, 1.82) is 0 Å². The molecule has 1 aliphatic heterocycles. The standard InChI is InChI=1S/C15H20N4OS/c1-12-11-19(7-8-20-12)13(14-4-2-9-21-14)10-18-15-16-5-3-6-17-15/h2-6,9,12-13H,7-8,10-11H2,1H3,(H,16,17,18)/t12-,13+/m1/s1. The molecule has 0 bridgehead atoms. The smallest absolute Gasteiger partial charge is 0.222 e. The van der Waals surface area contributed by atoms with Crippen LogP contribution in [0.4, 0.5) is 5.95 Å². The SMILES string of the molecule is C[C@@H]1CN([C@@H](CNc2ncccn2)c2cccs2)CCO1. The maximum atomic E-state index is 5.65. The Kier molecular flexibility index (Phi) is 4.80. The third kappa shape index (κ3) is 3.78. The van der Waals surface area contributed by atoms with Crippen LogP contribution in [0.15, 0.2) is 36.0 Å². The molecular weight excluding hydrogens is 284 g/mol. The Morgan fingerprint density at radius 1 is 1.43 bits per heavy atom. The number of rotatable bonds is 5. The highest BCUT2D eigenvalue weighted by atomic mass is 32.1. The lowest BCUT2D eigenvalue weighted by atomic mass is 10.1. The number of hydrogen-bond acceptors (Lipinski definition) is 6. The Bertz CT molecular complexity index is 534. The van der Waals surface area contributed by atoms with E-state index < -0.39 is 0 Å². The molecule has 3 heterocycles. The van der Waals surface area contributed by atoms with E-state index >= 15 is 0 Å². The van der Waals surface area contributed by atoms with Gasteiger partial charge in [0.15, 0.2) is 0 Å². The third-order valence-corrected chi connectivity index (χ3v) is 4.58. The molecule has 0 aliphatic carbocycles. The van der Waals surface area contributed by atoms with E-state index in [4.69, 9.17) is 4.74 Å².